The highest BCUT2D eigenvalue weighted by molar-refractivity contribution is 7.17. The smallest absolute Gasteiger partial charge is 0.236 e. The molecule has 0 aliphatic heterocycles. The van der Waals surface area contributed by atoms with Gasteiger partial charge in [-0.3, -0.25) is 4.79 Å². The van der Waals surface area contributed by atoms with Crippen LogP contribution in [-0.2, 0) is 0 Å². The van der Waals surface area contributed by atoms with Crippen molar-refractivity contribution in [3.05, 3.63) is 35.0 Å². The molecule has 0 bridgehead atoms. The van der Waals surface area contributed by atoms with Crippen molar-refractivity contribution in [1.82, 2.24) is 4.98 Å². The van der Waals surface area contributed by atoms with Crippen molar-refractivity contribution in [1.29, 1.82) is 0 Å². The van der Waals surface area contributed by atoms with Gasteiger partial charge in [-0.05, 0) is 18.6 Å². The molecule has 1 heterocycles. The number of Topliss-reactive ketones (excluding diaryl/α,β-unsaturated/α-hetero) is 1. The SMILES string of the molecule is CCCC(=O)c1sc(-c2cccc(F)c2)nc1OC. The largest absolute Gasteiger partial charge is 0.480 e. The Hall–Kier alpha value is -1.75. The zero-order valence-electron chi connectivity index (χ0n) is 10.8. The Labute approximate surface area is 115 Å². The maximum absolute atomic E-state index is 13.2. The number of hydrogen-bond acceptors (Lipinski definition) is 4. The fourth-order valence-electron chi connectivity index (χ4n) is 1.71. The summed E-state index contributed by atoms with van der Waals surface area (Å²) >= 11 is 1.24. The second kappa shape index (κ2) is 5.93. The fourth-order valence-corrected chi connectivity index (χ4v) is 2.71. The number of halogens is 1. The molecule has 19 heavy (non-hydrogen) atoms. The molecule has 3 nitrogen and oxygen atoms in total. The molecule has 0 saturated carbocycles. The Bertz CT molecular complexity index is 595. The highest BCUT2D eigenvalue weighted by atomic mass is 32.1. The second-order valence-corrected chi connectivity index (χ2v) is 5.04. The van der Waals surface area contributed by atoms with Crippen LogP contribution in [0.25, 0.3) is 10.6 Å². The van der Waals surface area contributed by atoms with Crippen molar-refractivity contribution in [2.24, 2.45) is 0 Å². The predicted octanol–water partition coefficient (Wildman–Crippen LogP) is 3.94. The van der Waals surface area contributed by atoms with E-state index in [1.54, 1.807) is 12.1 Å². The molecule has 5 heteroatoms. The molecule has 0 radical (unpaired) electrons. The lowest BCUT2D eigenvalue weighted by Crippen LogP contribution is -1.98. The number of nitrogens with zero attached hydrogens (tertiary/aromatic N) is 1. The molecule has 2 aromatic rings. The molecule has 0 aliphatic rings. The molecule has 0 saturated heterocycles. The van der Waals surface area contributed by atoms with Crippen LogP contribution in [0, 0.1) is 5.82 Å². The van der Waals surface area contributed by atoms with Gasteiger partial charge in [0.1, 0.15) is 15.7 Å². The number of methoxy groups -OCH3 is 1. The summed E-state index contributed by atoms with van der Waals surface area (Å²) in [7, 11) is 1.48. The van der Waals surface area contributed by atoms with Crippen LogP contribution >= 0.6 is 11.3 Å². The standard InChI is InChI=1S/C14H14FNO2S/c1-3-5-11(17)12-13(18-2)16-14(19-12)9-6-4-7-10(15)8-9/h4,6-8H,3,5H2,1-2H3. The molecular formula is C14H14FNO2S. The molecule has 0 N–H and O–H groups in total. The minimum absolute atomic E-state index is 0.0134. The van der Waals surface area contributed by atoms with Crippen molar-refractivity contribution in [3.63, 3.8) is 0 Å². The van der Waals surface area contributed by atoms with Crippen LogP contribution in [0.2, 0.25) is 0 Å². The molecule has 1 aromatic carbocycles. The highest BCUT2D eigenvalue weighted by Gasteiger charge is 2.19. The van der Waals surface area contributed by atoms with Crippen LogP contribution in [0.5, 0.6) is 5.88 Å². The van der Waals surface area contributed by atoms with Gasteiger partial charge in [0.25, 0.3) is 0 Å². The number of benzene rings is 1. The quantitative estimate of drug-likeness (QED) is 0.778. The molecular weight excluding hydrogens is 265 g/mol. The summed E-state index contributed by atoms with van der Waals surface area (Å²) in [6.07, 6.45) is 1.23. The summed E-state index contributed by atoms with van der Waals surface area (Å²) < 4.78 is 18.3. The lowest BCUT2D eigenvalue weighted by Gasteiger charge is -1.97. The molecule has 2 rings (SSSR count). The molecule has 0 amide bonds. The van der Waals surface area contributed by atoms with Crippen LogP contribution in [0.3, 0.4) is 0 Å². The molecule has 1 aromatic heterocycles. The van der Waals surface area contributed by atoms with Gasteiger partial charge in [-0.2, -0.15) is 0 Å². The third kappa shape index (κ3) is 2.98. The molecule has 0 spiro atoms. The van der Waals surface area contributed by atoms with E-state index in [9.17, 15) is 9.18 Å². The van der Waals surface area contributed by atoms with Crippen molar-refractivity contribution in [2.75, 3.05) is 7.11 Å². The van der Waals surface area contributed by atoms with Crippen LogP contribution in [-0.4, -0.2) is 17.9 Å². The third-order valence-electron chi connectivity index (χ3n) is 2.59. The lowest BCUT2D eigenvalue weighted by molar-refractivity contribution is 0.0982. The minimum atomic E-state index is -0.326. The maximum atomic E-state index is 13.2. The fraction of sp³-hybridized carbons (Fsp3) is 0.286. The number of rotatable bonds is 5. The van der Waals surface area contributed by atoms with Gasteiger partial charge in [0, 0.05) is 12.0 Å². The van der Waals surface area contributed by atoms with Crippen molar-refractivity contribution < 1.29 is 13.9 Å². The van der Waals surface area contributed by atoms with Gasteiger partial charge in [-0.1, -0.05) is 19.1 Å². The third-order valence-corrected chi connectivity index (χ3v) is 3.72. The Morgan fingerprint density at radius 1 is 1.47 bits per heavy atom. The first-order chi connectivity index (χ1) is 9.15. The van der Waals surface area contributed by atoms with Gasteiger partial charge < -0.3 is 4.74 Å². The van der Waals surface area contributed by atoms with Gasteiger partial charge in [-0.15, -0.1) is 11.3 Å². The van der Waals surface area contributed by atoms with E-state index in [-0.39, 0.29) is 11.6 Å². The number of carbonyl (C=O) groups excluding carboxylic acids is 1. The Balaban J connectivity index is 2.41. The molecule has 100 valence electrons. The average molecular weight is 279 g/mol. The predicted molar refractivity (Wildman–Crippen MR) is 73.3 cm³/mol. The van der Waals surface area contributed by atoms with Gasteiger partial charge in [-0.25, -0.2) is 9.37 Å². The minimum Gasteiger partial charge on any atom is -0.480 e. The first kappa shape index (κ1) is 13.7. The zero-order valence-corrected chi connectivity index (χ0v) is 11.6. The van der Waals surface area contributed by atoms with E-state index in [1.165, 1.54) is 30.6 Å². The van der Waals surface area contributed by atoms with Gasteiger partial charge in [0.2, 0.25) is 5.88 Å². The average Bonchev–Trinajstić information content (AvgIpc) is 2.83. The van der Waals surface area contributed by atoms with E-state index in [2.05, 4.69) is 4.98 Å². The first-order valence-corrected chi connectivity index (χ1v) is 6.81. The monoisotopic (exact) mass is 279 g/mol. The number of hydrogen-bond donors (Lipinski definition) is 0. The van der Waals surface area contributed by atoms with Crippen molar-refractivity contribution in [3.8, 4) is 16.5 Å². The molecule has 0 aliphatic carbocycles. The highest BCUT2D eigenvalue weighted by Crippen LogP contribution is 2.33. The lowest BCUT2D eigenvalue weighted by atomic mass is 10.2. The van der Waals surface area contributed by atoms with Crippen molar-refractivity contribution in [2.45, 2.75) is 19.8 Å². The van der Waals surface area contributed by atoms with E-state index < -0.39 is 0 Å². The van der Waals surface area contributed by atoms with Gasteiger partial charge in [0.15, 0.2) is 5.78 Å². The van der Waals surface area contributed by atoms with E-state index >= 15 is 0 Å². The second-order valence-electron chi connectivity index (χ2n) is 4.04. The number of ether oxygens (including phenoxy) is 1. The van der Waals surface area contributed by atoms with Crippen LogP contribution in [0.4, 0.5) is 4.39 Å². The summed E-state index contributed by atoms with van der Waals surface area (Å²) in [5.41, 5.74) is 0.652. The summed E-state index contributed by atoms with van der Waals surface area (Å²) in [5.74, 6) is 0.00955. The number of thiazole rings is 1. The summed E-state index contributed by atoms with van der Waals surface area (Å²) in [6, 6.07) is 6.14. The van der Waals surface area contributed by atoms with Gasteiger partial charge >= 0.3 is 0 Å². The molecule has 0 atom stereocenters. The van der Waals surface area contributed by atoms with Gasteiger partial charge in [0.05, 0.1) is 7.11 Å². The first-order valence-electron chi connectivity index (χ1n) is 5.99. The Morgan fingerprint density at radius 3 is 2.89 bits per heavy atom. The summed E-state index contributed by atoms with van der Waals surface area (Å²) in [4.78, 5) is 16.7. The normalized spacial score (nSPS) is 10.5. The number of aromatic nitrogens is 1. The van der Waals surface area contributed by atoms with Crippen LogP contribution in [0.15, 0.2) is 24.3 Å². The Kier molecular flexibility index (Phi) is 4.27. The zero-order chi connectivity index (χ0) is 13.8. The molecule has 0 unspecified atom stereocenters. The topological polar surface area (TPSA) is 39.2 Å². The molecule has 0 fully saturated rings. The number of ketones is 1. The number of carbonyl (C=O) groups is 1. The maximum Gasteiger partial charge on any atom is 0.236 e. The van der Waals surface area contributed by atoms with E-state index in [0.29, 0.717) is 27.7 Å². The van der Waals surface area contributed by atoms with Crippen LogP contribution < -0.4 is 4.74 Å². The summed E-state index contributed by atoms with van der Waals surface area (Å²) in [5, 5.41) is 0.593. The van der Waals surface area contributed by atoms with Crippen molar-refractivity contribution >= 4 is 17.1 Å². The van der Waals surface area contributed by atoms with Crippen LogP contribution in [0.1, 0.15) is 29.4 Å². The Morgan fingerprint density at radius 2 is 2.26 bits per heavy atom. The van der Waals surface area contributed by atoms with E-state index in [0.717, 1.165) is 6.42 Å². The van der Waals surface area contributed by atoms with E-state index in [4.69, 9.17) is 4.74 Å². The summed E-state index contributed by atoms with van der Waals surface area (Å²) in [6.45, 7) is 1.94. The van der Waals surface area contributed by atoms with E-state index in [1.807, 2.05) is 6.92 Å².